The molecule has 1 amide bonds. The summed E-state index contributed by atoms with van der Waals surface area (Å²) in [4.78, 5) is 39.0. The molecule has 22 nitrogen and oxygen atoms in total. The van der Waals surface area contributed by atoms with Gasteiger partial charge in [-0.2, -0.15) is 0 Å². The summed E-state index contributed by atoms with van der Waals surface area (Å²) in [5, 5.41) is 26.9. The average Bonchev–Trinajstić information content (AvgIpc) is 3.63. The Kier molecular flexibility index (Phi) is 34.9. The zero-order valence-corrected chi connectivity index (χ0v) is 46.8. The number of aromatic carboxylic acids is 1. The Hall–Kier alpha value is -5.34. The van der Waals surface area contributed by atoms with Crippen molar-refractivity contribution in [3.8, 4) is 28.2 Å². The minimum absolute atomic E-state index is 0.0142. The van der Waals surface area contributed by atoms with Crippen molar-refractivity contribution in [2.24, 2.45) is 0 Å². The van der Waals surface area contributed by atoms with E-state index in [1.54, 1.807) is 18.2 Å². The zero-order valence-electron chi connectivity index (χ0n) is 46.8. The maximum Gasteiger partial charge on any atom is 0.336 e. The SMILES string of the molecule is CCNc1cc2oc3cc(=[NH+]CC)c(C)cc-3c(-c3cc(OCCCC(=O)NCCOCCOCCOCCOCCOCCOCCOCCOCCOCCOCCOCCOCCC(=O)O)ccc3C(=O)O)c2cc1C. The van der Waals surface area contributed by atoms with Crippen LogP contribution < -0.4 is 25.7 Å². The molecule has 1 heterocycles. The lowest BCUT2D eigenvalue weighted by Crippen LogP contribution is -2.76. The molecule has 0 radical (unpaired) electrons. The van der Waals surface area contributed by atoms with Crippen molar-refractivity contribution < 1.29 is 95.6 Å². The third-order valence-electron chi connectivity index (χ3n) is 11.6. The number of carbonyl (C=O) groups is 3. The smallest absolute Gasteiger partial charge is 0.336 e. The van der Waals surface area contributed by atoms with Crippen LogP contribution in [0.2, 0.25) is 0 Å². The third kappa shape index (κ3) is 27.6. The standard InChI is InChI=1S/C57H85N3O19/c1-5-58-50-41-52-48(38-43(50)3)56(49-39-44(4)51(59-6-2)42-53(49)79-52)47-40-45(9-10-46(47)57(64)65)78-13-7-8-54(61)60-12-15-67-17-19-69-21-23-71-25-27-73-29-31-75-33-35-77-37-36-76-34-32-74-30-28-72-26-24-70-22-20-68-18-16-66-14-11-55(62)63/h9-10,38-42,58H,5-8,11-37H2,1-4H3,(H,60,61)(H,62,63)(H,64,65)/p+1. The number of hydrogen-bond donors (Lipinski definition) is 5. The number of benzene rings is 3. The van der Waals surface area contributed by atoms with Gasteiger partial charge in [-0.3, -0.25) is 9.59 Å². The molecule has 442 valence electrons. The van der Waals surface area contributed by atoms with Crippen LogP contribution in [0.4, 0.5) is 5.69 Å². The fourth-order valence-corrected chi connectivity index (χ4v) is 7.71. The van der Waals surface area contributed by atoms with Gasteiger partial charge in [-0.15, -0.1) is 0 Å². The monoisotopic (exact) mass is 1120 g/mol. The van der Waals surface area contributed by atoms with Gasteiger partial charge in [0, 0.05) is 58.9 Å². The number of anilines is 1. The van der Waals surface area contributed by atoms with E-state index in [-0.39, 0.29) is 37.5 Å². The van der Waals surface area contributed by atoms with Crippen molar-refractivity contribution in [3.05, 3.63) is 64.5 Å². The first-order valence-electron chi connectivity index (χ1n) is 27.4. The van der Waals surface area contributed by atoms with E-state index in [2.05, 4.69) is 15.6 Å². The van der Waals surface area contributed by atoms with Gasteiger partial charge in [0.25, 0.3) is 0 Å². The first kappa shape index (κ1) is 66.2. The molecule has 5 N–H and O–H groups in total. The molecule has 0 spiro atoms. The van der Waals surface area contributed by atoms with E-state index in [0.29, 0.717) is 188 Å². The number of carboxylic acid groups (broad SMARTS) is 2. The van der Waals surface area contributed by atoms with Gasteiger partial charge in [0.1, 0.15) is 23.6 Å². The fourth-order valence-electron chi connectivity index (χ4n) is 7.71. The van der Waals surface area contributed by atoms with Crippen LogP contribution >= 0.6 is 0 Å². The van der Waals surface area contributed by atoms with Gasteiger partial charge in [0.05, 0.1) is 183 Å². The first-order chi connectivity index (χ1) is 38.6. The minimum atomic E-state index is -1.06. The van der Waals surface area contributed by atoms with E-state index < -0.39 is 11.9 Å². The van der Waals surface area contributed by atoms with Gasteiger partial charge in [0.15, 0.2) is 0 Å². The highest BCUT2D eigenvalue weighted by atomic mass is 16.6. The van der Waals surface area contributed by atoms with E-state index in [1.807, 2.05) is 52.0 Å². The number of aryl methyl sites for hydroxylation is 2. The second kappa shape index (κ2) is 41.6. The number of carbonyl (C=O) groups excluding carboxylic acids is 1. The van der Waals surface area contributed by atoms with Gasteiger partial charge in [-0.05, 0) is 70.0 Å². The number of fused-ring (bicyclic) bond motifs is 2. The number of amides is 1. The van der Waals surface area contributed by atoms with Crippen molar-refractivity contribution in [1.82, 2.24) is 5.32 Å². The molecule has 0 aromatic heterocycles. The Balaban J connectivity index is 0.922. The van der Waals surface area contributed by atoms with Crippen LogP contribution in [0.3, 0.4) is 0 Å². The van der Waals surface area contributed by atoms with Crippen molar-refractivity contribution in [3.63, 3.8) is 0 Å². The molecule has 1 aliphatic heterocycles. The van der Waals surface area contributed by atoms with Crippen LogP contribution in [0.5, 0.6) is 5.75 Å². The number of rotatable bonds is 49. The maximum absolute atomic E-state index is 12.7. The fraction of sp³-hybridized carbons (Fsp3) is 0.614. The Morgan fingerprint density at radius 3 is 1.47 bits per heavy atom. The first-order valence-corrected chi connectivity index (χ1v) is 27.4. The molecule has 4 rings (SSSR count). The Morgan fingerprint density at radius 2 is 1.01 bits per heavy atom. The molecule has 2 aliphatic rings. The Labute approximate surface area is 463 Å². The predicted molar refractivity (Wildman–Crippen MR) is 293 cm³/mol. The Bertz CT molecular complexity index is 2360. The molecule has 2 aromatic rings. The van der Waals surface area contributed by atoms with Gasteiger partial charge in [0.2, 0.25) is 11.3 Å². The summed E-state index contributed by atoms with van der Waals surface area (Å²) >= 11 is 0. The second-order valence-electron chi connectivity index (χ2n) is 17.7. The zero-order chi connectivity index (χ0) is 56.6. The highest BCUT2D eigenvalue weighted by molar-refractivity contribution is 6.08. The lowest BCUT2D eigenvalue weighted by Gasteiger charge is -2.19. The molecular formula is C57H86N3O19+. The average molecular weight is 1120 g/mol. The van der Waals surface area contributed by atoms with Gasteiger partial charge in [-0.25, -0.2) is 9.79 Å². The normalized spacial score (nSPS) is 11.8. The molecule has 2 aromatic carbocycles. The molecule has 79 heavy (non-hydrogen) atoms. The summed E-state index contributed by atoms with van der Waals surface area (Å²) < 4.78 is 78.2. The summed E-state index contributed by atoms with van der Waals surface area (Å²) in [5.41, 5.74) is 5.74. The lowest BCUT2D eigenvalue weighted by molar-refractivity contribution is -0.496. The topological polar surface area (TPSA) is 263 Å². The van der Waals surface area contributed by atoms with Gasteiger partial charge in [-0.1, -0.05) is 0 Å². The maximum atomic E-state index is 12.7. The van der Waals surface area contributed by atoms with Gasteiger partial charge >= 0.3 is 11.9 Å². The molecule has 1 aliphatic carbocycles. The van der Waals surface area contributed by atoms with E-state index in [0.717, 1.165) is 51.8 Å². The lowest BCUT2D eigenvalue weighted by atomic mass is 9.89. The second-order valence-corrected chi connectivity index (χ2v) is 17.7. The Morgan fingerprint density at radius 1 is 0.532 bits per heavy atom. The molecule has 0 bridgehead atoms. The summed E-state index contributed by atoms with van der Waals surface area (Å²) in [6, 6.07) is 13.0. The van der Waals surface area contributed by atoms with Crippen LogP contribution in [-0.4, -0.2) is 213 Å². The molecule has 0 unspecified atom stereocenters. The third-order valence-corrected chi connectivity index (χ3v) is 11.6. The number of ether oxygens (including phenoxy) is 13. The molecule has 0 saturated heterocycles. The van der Waals surface area contributed by atoms with Crippen molar-refractivity contribution in [2.75, 3.05) is 190 Å². The largest absolute Gasteiger partial charge is 0.494 e. The predicted octanol–water partition coefficient (Wildman–Crippen LogP) is 3.90. The summed E-state index contributed by atoms with van der Waals surface area (Å²) in [5.74, 6) is -0.942. The summed E-state index contributed by atoms with van der Waals surface area (Å²) in [6.07, 6.45) is 0.697. The van der Waals surface area contributed by atoms with Gasteiger partial charge < -0.3 is 86.8 Å². The van der Waals surface area contributed by atoms with Crippen LogP contribution in [0.25, 0.3) is 33.4 Å². The number of nitrogens with one attached hydrogen (secondary N) is 3. The van der Waals surface area contributed by atoms with Crippen LogP contribution in [-0.2, 0) is 66.4 Å². The van der Waals surface area contributed by atoms with Crippen LogP contribution in [0.15, 0.2) is 46.9 Å². The molecule has 22 heteroatoms. The quantitative estimate of drug-likeness (QED) is 0.0310. The van der Waals surface area contributed by atoms with E-state index in [9.17, 15) is 19.5 Å². The van der Waals surface area contributed by atoms with E-state index in [1.165, 1.54) is 0 Å². The van der Waals surface area contributed by atoms with Crippen molar-refractivity contribution >= 4 is 34.5 Å². The highest BCUT2D eigenvalue weighted by Gasteiger charge is 2.24. The van der Waals surface area contributed by atoms with Crippen molar-refractivity contribution in [1.29, 1.82) is 0 Å². The summed E-state index contributed by atoms with van der Waals surface area (Å²) in [6.45, 7) is 20.4. The summed E-state index contributed by atoms with van der Waals surface area (Å²) in [7, 11) is 0. The number of hydrogen-bond acceptors (Lipinski definition) is 18. The van der Waals surface area contributed by atoms with Crippen LogP contribution in [0, 0.1) is 13.8 Å². The number of carboxylic acids is 2. The van der Waals surface area contributed by atoms with E-state index >= 15 is 0 Å². The van der Waals surface area contributed by atoms with Crippen molar-refractivity contribution in [2.45, 2.75) is 47.0 Å². The highest BCUT2D eigenvalue weighted by Crippen LogP contribution is 2.44. The molecule has 0 fully saturated rings. The van der Waals surface area contributed by atoms with Crippen LogP contribution in [0.1, 0.15) is 54.6 Å². The molecule has 0 saturated carbocycles. The number of aliphatic carboxylic acids is 1. The molecule has 0 atom stereocenters. The van der Waals surface area contributed by atoms with E-state index in [4.69, 9.17) is 71.1 Å². The molecular weight excluding hydrogens is 1030 g/mol. The minimum Gasteiger partial charge on any atom is -0.494 e.